The van der Waals surface area contributed by atoms with Crippen molar-refractivity contribution in [1.29, 1.82) is 0 Å². The van der Waals surface area contributed by atoms with Gasteiger partial charge in [0.25, 0.3) is 5.91 Å². The van der Waals surface area contributed by atoms with E-state index in [9.17, 15) is 4.79 Å². The summed E-state index contributed by atoms with van der Waals surface area (Å²) >= 11 is 0. The number of nitrogens with zero attached hydrogens (tertiary/aromatic N) is 1. The monoisotopic (exact) mass is 364 g/mol. The van der Waals surface area contributed by atoms with E-state index in [1.54, 1.807) is 14.2 Å². The van der Waals surface area contributed by atoms with Crippen molar-refractivity contribution in [1.82, 2.24) is 9.88 Å². The van der Waals surface area contributed by atoms with Gasteiger partial charge in [0.2, 0.25) is 0 Å². The Kier molecular flexibility index (Phi) is 4.52. The maximum absolute atomic E-state index is 13.2. The van der Waals surface area contributed by atoms with Gasteiger partial charge < -0.3 is 19.4 Å². The van der Waals surface area contributed by atoms with E-state index in [4.69, 9.17) is 9.47 Å². The number of carbonyl (C=O) groups is 1. The number of carbonyl (C=O) groups excluding carboxylic acids is 1. The van der Waals surface area contributed by atoms with Gasteiger partial charge in [0.15, 0.2) is 11.5 Å². The molecule has 1 aliphatic rings. The minimum Gasteiger partial charge on any atom is -0.493 e. The lowest BCUT2D eigenvalue weighted by atomic mass is 10.0. The third-order valence-electron chi connectivity index (χ3n) is 5.31. The summed E-state index contributed by atoms with van der Waals surface area (Å²) in [6, 6.07) is 14.1. The largest absolute Gasteiger partial charge is 0.493 e. The van der Waals surface area contributed by atoms with Gasteiger partial charge in [0.05, 0.1) is 20.3 Å². The molecule has 5 nitrogen and oxygen atoms in total. The quantitative estimate of drug-likeness (QED) is 0.743. The van der Waals surface area contributed by atoms with Crippen molar-refractivity contribution < 1.29 is 14.3 Å². The molecule has 2 aromatic carbocycles. The van der Waals surface area contributed by atoms with Gasteiger partial charge in [-0.15, -0.1) is 0 Å². The Balaban J connectivity index is 1.65. The van der Waals surface area contributed by atoms with Gasteiger partial charge in [-0.1, -0.05) is 18.2 Å². The number of amides is 1. The number of H-pyrrole nitrogens is 1. The number of benzene rings is 2. The van der Waals surface area contributed by atoms with Crippen LogP contribution in [0.25, 0.3) is 10.9 Å². The molecule has 4 rings (SSSR count). The Hall–Kier alpha value is -2.95. The molecule has 1 unspecified atom stereocenters. The van der Waals surface area contributed by atoms with Crippen LogP contribution < -0.4 is 9.47 Å². The average molecular weight is 364 g/mol. The lowest BCUT2D eigenvalue weighted by molar-refractivity contribution is 0.0730. The Morgan fingerprint density at radius 1 is 1.07 bits per heavy atom. The maximum Gasteiger partial charge on any atom is 0.270 e. The molecule has 0 radical (unpaired) electrons. The second-order valence-electron chi connectivity index (χ2n) is 7.04. The van der Waals surface area contributed by atoms with Crippen LogP contribution in [0.4, 0.5) is 0 Å². The summed E-state index contributed by atoms with van der Waals surface area (Å²) in [5.74, 6) is 1.43. The standard InChI is InChI=1S/C22H24N2O3/c1-14-6-7-15-12-18(23-17(15)11-14)22(25)24-10-4-5-19(24)16-8-9-20(26-2)21(13-16)27-3/h6-9,11-13,19,23H,4-5,10H2,1-3H3. The smallest absolute Gasteiger partial charge is 0.270 e. The molecule has 5 heteroatoms. The molecule has 0 bridgehead atoms. The highest BCUT2D eigenvalue weighted by Gasteiger charge is 2.31. The van der Waals surface area contributed by atoms with Gasteiger partial charge in [-0.05, 0) is 55.2 Å². The number of hydrogen-bond donors (Lipinski definition) is 1. The molecular weight excluding hydrogens is 340 g/mol. The minimum absolute atomic E-state index is 0.0427. The van der Waals surface area contributed by atoms with Gasteiger partial charge in [0, 0.05) is 17.4 Å². The van der Waals surface area contributed by atoms with Crippen LogP contribution in [0, 0.1) is 6.92 Å². The van der Waals surface area contributed by atoms with E-state index >= 15 is 0 Å². The van der Waals surface area contributed by atoms with E-state index in [1.807, 2.05) is 35.2 Å². The van der Waals surface area contributed by atoms with Crippen LogP contribution in [0.2, 0.25) is 0 Å². The number of aromatic nitrogens is 1. The lowest BCUT2D eigenvalue weighted by Crippen LogP contribution is -2.30. The molecular formula is C22H24N2O3. The Morgan fingerprint density at radius 2 is 1.89 bits per heavy atom. The van der Waals surface area contributed by atoms with Gasteiger partial charge in [-0.3, -0.25) is 4.79 Å². The zero-order valence-electron chi connectivity index (χ0n) is 15.9. The number of hydrogen-bond acceptors (Lipinski definition) is 3. The van der Waals surface area contributed by atoms with Crippen molar-refractivity contribution in [2.24, 2.45) is 0 Å². The molecule has 0 aliphatic carbocycles. The van der Waals surface area contributed by atoms with Crippen molar-refractivity contribution in [2.75, 3.05) is 20.8 Å². The molecule has 1 atom stereocenters. The predicted molar refractivity (Wildman–Crippen MR) is 106 cm³/mol. The molecule has 1 aliphatic heterocycles. The maximum atomic E-state index is 13.2. The third kappa shape index (κ3) is 3.14. The molecule has 1 saturated heterocycles. The van der Waals surface area contributed by atoms with Gasteiger partial charge in [-0.2, -0.15) is 0 Å². The van der Waals surface area contributed by atoms with Gasteiger partial charge >= 0.3 is 0 Å². The first-order valence-electron chi connectivity index (χ1n) is 9.23. The summed E-state index contributed by atoms with van der Waals surface area (Å²) < 4.78 is 10.8. The minimum atomic E-state index is 0.0427. The summed E-state index contributed by atoms with van der Waals surface area (Å²) in [4.78, 5) is 18.4. The van der Waals surface area contributed by atoms with Crippen LogP contribution in [0.5, 0.6) is 11.5 Å². The molecule has 1 amide bonds. The molecule has 1 aromatic heterocycles. The Bertz CT molecular complexity index is 992. The van der Waals surface area contributed by atoms with Crippen LogP contribution in [0.3, 0.4) is 0 Å². The van der Waals surface area contributed by atoms with Crippen LogP contribution in [0.1, 0.15) is 40.5 Å². The number of methoxy groups -OCH3 is 2. The van der Waals surface area contributed by atoms with Gasteiger partial charge in [0.1, 0.15) is 5.69 Å². The number of aromatic amines is 1. The molecule has 3 aromatic rings. The van der Waals surface area contributed by atoms with Crippen LogP contribution in [0.15, 0.2) is 42.5 Å². The van der Waals surface area contributed by atoms with E-state index in [1.165, 1.54) is 5.56 Å². The SMILES string of the molecule is COc1ccc(C2CCCN2C(=O)c2cc3ccc(C)cc3[nH]2)cc1OC. The van der Waals surface area contributed by atoms with Crippen molar-refractivity contribution in [2.45, 2.75) is 25.8 Å². The fourth-order valence-electron chi connectivity index (χ4n) is 3.93. The highest BCUT2D eigenvalue weighted by Crippen LogP contribution is 2.37. The van der Waals surface area contributed by atoms with E-state index in [-0.39, 0.29) is 11.9 Å². The topological polar surface area (TPSA) is 54.6 Å². The molecule has 140 valence electrons. The number of rotatable bonds is 4. The van der Waals surface area contributed by atoms with Crippen LogP contribution >= 0.6 is 0 Å². The van der Waals surface area contributed by atoms with Crippen LogP contribution in [-0.2, 0) is 0 Å². The molecule has 1 fully saturated rings. The summed E-state index contributed by atoms with van der Waals surface area (Å²) in [5, 5.41) is 1.06. The predicted octanol–water partition coefficient (Wildman–Crippen LogP) is 4.47. The summed E-state index contributed by atoms with van der Waals surface area (Å²) in [5.41, 5.74) is 3.89. The lowest BCUT2D eigenvalue weighted by Gasteiger charge is -2.25. The zero-order valence-corrected chi connectivity index (χ0v) is 15.9. The second-order valence-corrected chi connectivity index (χ2v) is 7.04. The summed E-state index contributed by atoms with van der Waals surface area (Å²) in [6.07, 6.45) is 1.94. The van der Waals surface area contributed by atoms with Crippen molar-refractivity contribution >= 4 is 16.8 Å². The number of aryl methyl sites for hydroxylation is 1. The van der Waals surface area contributed by atoms with E-state index < -0.39 is 0 Å². The zero-order chi connectivity index (χ0) is 19.0. The van der Waals surface area contributed by atoms with Crippen molar-refractivity contribution in [3.63, 3.8) is 0 Å². The second kappa shape index (κ2) is 6.99. The fourth-order valence-corrected chi connectivity index (χ4v) is 3.93. The molecule has 0 saturated carbocycles. The fraction of sp³-hybridized carbons (Fsp3) is 0.318. The number of ether oxygens (including phenoxy) is 2. The third-order valence-corrected chi connectivity index (χ3v) is 5.31. The molecule has 2 heterocycles. The van der Waals surface area contributed by atoms with E-state index in [0.717, 1.165) is 35.9 Å². The first kappa shape index (κ1) is 17.5. The average Bonchev–Trinajstić information content (AvgIpc) is 3.33. The van der Waals surface area contributed by atoms with Crippen LogP contribution in [-0.4, -0.2) is 36.6 Å². The molecule has 0 spiro atoms. The molecule has 1 N–H and O–H groups in total. The Labute approximate surface area is 158 Å². The van der Waals surface area contributed by atoms with Crippen molar-refractivity contribution in [3.05, 3.63) is 59.3 Å². The normalized spacial score (nSPS) is 16.7. The van der Waals surface area contributed by atoms with E-state index in [2.05, 4.69) is 24.0 Å². The number of nitrogens with one attached hydrogen (secondary N) is 1. The van der Waals surface area contributed by atoms with E-state index in [0.29, 0.717) is 17.2 Å². The molecule has 27 heavy (non-hydrogen) atoms. The number of fused-ring (bicyclic) bond motifs is 1. The Morgan fingerprint density at radius 3 is 2.67 bits per heavy atom. The first-order valence-corrected chi connectivity index (χ1v) is 9.23. The summed E-state index contributed by atoms with van der Waals surface area (Å²) in [6.45, 7) is 2.81. The highest BCUT2D eigenvalue weighted by molar-refractivity contribution is 5.98. The summed E-state index contributed by atoms with van der Waals surface area (Å²) in [7, 11) is 3.26. The number of likely N-dealkylation sites (tertiary alicyclic amines) is 1. The van der Waals surface area contributed by atoms with Gasteiger partial charge in [-0.25, -0.2) is 0 Å². The van der Waals surface area contributed by atoms with Crippen molar-refractivity contribution in [3.8, 4) is 11.5 Å². The highest BCUT2D eigenvalue weighted by atomic mass is 16.5. The first-order chi connectivity index (χ1) is 13.1.